The Morgan fingerprint density at radius 1 is 1.24 bits per heavy atom. The van der Waals surface area contributed by atoms with Gasteiger partial charge in [-0.3, -0.25) is 0 Å². The fourth-order valence-electron chi connectivity index (χ4n) is 2.14. The van der Waals surface area contributed by atoms with Crippen molar-refractivity contribution in [3.05, 3.63) is 12.7 Å². The molecule has 0 saturated heterocycles. The molecule has 126 valence electrons. The Kier molecular flexibility index (Phi) is 10.8. The minimum atomic E-state index is -3.98. The number of rotatable bonds is 6. The van der Waals surface area contributed by atoms with E-state index >= 15 is 0 Å². The Morgan fingerprint density at radius 3 is 2.19 bits per heavy atom. The van der Waals surface area contributed by atoms with Crippen molar-refractivity contribution in [3.63, 3.8) is 0 Å². The smallest absolute Gasteiger partial charge is 0.356 e. The molecule has 0 aliphatic heterocycles. The topological polar surface area (TPSA) is 18.5 Å². The highest BCUT2D eigenvalue weighted by Crippen LogP contribution is 2.39. The Balaban J connectivity index is 0.000000400. The Labute approximate surface area is 126 Å². The summed E-state index contributed by atoms with van der Waals surface area (Å²) in [6.07, 6.45) is 1.89. The molecule has 0 aromatic rings. The summed E-state index contributed by atoms with van der Waals surface area (Å²) in [4.78, 5) is 0. The first-order chi connectivity index (χ1) is 9.85. The molecule has 1 unspecified atom stereocenters. The van der Waals surface area contributed by atoms with Crippen molar-refractivity contribution in [2.24, 2.45) is 11.8 Å². The highest BCUT2D eigenvalue weighted by Gasteiger charge is 2.40. The van der Waals surface area contributed by atoms with Gasteiger partial charge in [-0.15, -0.1) is 6.58 Å². The lowest BCUT2D eigenvalue weighted by Crippen LogP contribution is -2.27. The van der Waals surface area contributed by atoms with Gasteiger partial charge >= 0.3 is 6.18 Å². The van der Waals surface area contributed by atoms with Crippen LogP contribution in [0.15, 0.2) is 12.7 Å². The molecule has 0 N–H and O–H groups in total. The summed E-state index contributed by atoms with van der Waals surface area (Å²) in [5, 5.41) is 0. The van der Waals surface area contributed by atoms with E-state index in [2.05, 4.69) is 13.5 Å². The van der Waals surface area contributed by atoms with Crippen LogP contribution in [0, 0.1) is 11.8 Å². The molecule has 0 radical (unpaired) electrons. The number of halogens is 3. The molecular formula is C16H29F3O2. The van der Waals surface area contributed by atoms with Crippen LogP contribution in [0.4, 0.5) is 13.2 Å². The molecule has 5 heteroatoms. The second-order valence-corrected chi connectivity index (χ2v) is 5.42. The van der Waals surface area contributed by atoms with Crippen LogP contribution in [0.3, 0.4) is 0 Å². The van der Waals surface area contributed by atoms with Gasteiger partial charge in [-0.05, 0) is 44.9 Å². The second kappa shape index (κ2) is 11.1. The van der Waals surface area contributed by atoms with Gasteiger partial charge in [0, 0.05) is 13.7 Å². The van der Waals surface area contributed by atoms with Crippen molar-refractivity contribution in [3.8, 4) is 0 Å². The van der Waals surface area contributed by atoms with E-state index in [1.54, 1.807) is 13.2 Å². The minimum absolute atomic E-state index is 0.0449. The van der Waals surface area contributed by atoms with Crippen molar-refractivity contribution in [2.75, 3.05) is 13.7 Å². The number of hydrogen-bond acceptors (Lipinski definition) is 2. The molecule has 2 nitrogen and oxygen atoms in total. The molecule has 0 aromatic carbocycles. The summed E-state index contributed by atoms with van der Waals surface area (Å²) >= 11 is 0. The molecule has 1 atom stereocenters. The van der Waals surface area contributed by atoms with Crippen LogP contribution in [-0.4, -0.2) is 26.2 Å². The maximum Gasteiger partial charge on any atom is 0.391 e. The lowest BCUT2D eigenvalue weighted by atomic mass is 9.82. The molecule has 1 aliphatic carbocycles. The van der Waals surface area contributed by atoms with E-state index in [4.69, 9.17) is 9.47 Å². The largest absolute Gasteiger partial charge is 0.391 e. The summed E-state index contributed by atoms with van der Waals surface area (Å²) in [6.45, 7) is 8.44. The third kappa shape index (κ3) is 9.91. The highest BCUT2D eigenvalue weighted by molar-refractivity contribution is 4.85. The fraction of sp³-hybridized carbons (Fsp3) is 0.875. The van der Waals surface area contributed by atoms with Gasteiger partial charge in [0.15, 0.2) is 6.29 Å². The average Bonchev–Trinajstić information content (AvgIpc) is 2.47. The zero-order valence-corrected chi connectivity index (χ0v) is 13.4. The van der Waals surface area contributed by atoms with Crippen LogP contribution < -0.4 is 0 Å². The zero-order chi connectivity index (χ0) is 16.3. The third-order valence-electron chi connectivity index (χ3n) is 3.75. The summed E-state index contributed by atoms with van der Waals surface area (Å²) < 4.78 is 46.5. The third-order valence-corrected chi connectivity index (χ3v) is 3.75. The molecule has 0 bridgehead atoms. The van der Waals surface area contributed by atoms with Crippen molar-refractivity contribution in [1.29, 1.82) is 0 Å². The molecule has 0 amide bonds. The standard InChI is InChI=1S/C9H13F3.C7H16O2/c1-2-7-3-5-8(6-4-7)9(10,11)12;1-4-5-6-9-7(2)8-3/h2,7-8H,1,3-6H2;7H,4-6H2,1-3H3. The van der Waals surface area contributed by atoms with Crippen LogP contribution in [0.25, 0.3) is 0 Å². The van der Waals surface area contributed by atoms with E-state index < -0.39 is 12.1 Å². The maximum atomic E-state index is 12.1. The molecule has 0 heterocycles. The van der Waals surface area contributed by atoms with Crippen LogP contribution in [-0.2, 0) is 9.47 Å². The van der Waals surface area contributed by atoms with Crippen molar-refractivity contribution < 1.29 is 22.6 Å². The van der Waals surface area contributed by atoms with E-state index in [0.29, 0.717) is 18.8 Å². The van der Waals surface area contributed by atoms with Gasteiger partial charge in [0.05, 0.1) is 5.92 Å². The SMILES string of the molecule is C=CC1CCC(C(F)(F)F)CC1.CCCCOC(C)OC. The first-order valence-electron chi connectivity index (χ1n) is 7.68. The van der Waals surface area contributed by atoms with Crippen LogP contribution in [0.1, 0.15) is 52.4 Å². The summed E-state index contributed by atoms with van der Waals surface area (Å²) in [7, 11) is 1.65. The van der Waals surface area contributed by atoms with Crippen molar-refractivity contribution in [1.82, 2.24) is 0 Å². The number of unbranched alkanes of at least 4 members (excludes halogenated alkanes) is 1. The normalized spacial score (nSPS) is 23.9. The van der Waals surface area contributed by atoms with Crippen LogP contribution in [0.2, 0.25) is 0 Å². The highest BCUT2D eigenvalue weighted by atomic mass is 19.4. The van der Waals surface area contributed by atoms with E-state index in [0.717, 1.165) is 13.0 Å². The van der Waals surface area contributed by atoms with E-state index in [1.165, 1.54) is 6.42 Å². The first-order valence-corrected chi connectivity index (χ1v) is 7.68. The number of hydrogen-bond donors (Lipinski definition) is 0. The van der Waals surface area contributed by atoms with Gasteiger partial charge in [-0.2, -0.15) is 13.2 Å². The molecule has 1 rings (SSSR count). The van der Waals surface area contributed by atoms with Gasteiger partial charge in [-0.1, -0.05) is 19.4 Å². The van der Waals surface area contributed by atoms with Gasteiger partial charge in [0.2, 0.25) is 0 Å². The van der Waals surface area contributed by atoms with Crippen molar-refractivity contribution in [2.45, 2.75) is 64.8 Å². The number of methoxy groups -OCH3 is 1. The molecule has 1 saturated carbocycles. The predicted octanol–water partition coefficient (Wildman–Crippen LogP) is 5.34. The Morgan fingerprint density at radius 2 is 1.81 bits per heavy atom. The predicted molar refractivity (Wildman–Crippen MR) is 79.0 cm³/mol. The first kappa shape index (κ1) is 20.5. The number of allylic oxidation sites excluding steroid dienone is 1. The van der Waals surface area contributed by atoms with Crippen LogP contribution in [0.5, 0.6) is 0 Å². The van der Waals surface area contributed by atoms with Crippen LogP contribution >= 0.6 is 0 Å². The monoisotopic (exact) mass is 310 g/mol. The van der Waals surface area contributed by atoms with E-state index in [1.807, 2.05) is 6.92 Å². The Bertz CT molecular complexity index is 259. The molecule has 21 heavy (non-hydrogen) atoms. The summed E-state index contributed by atoms with van der Waals surface area (Å²) in [5.41, 5.74) is 0. The fourth-order valence-corrected chi connectivity index (χ4v) is 2.14. The van der Waals surface area contributed by atoms with Gasteiger partial charge in [-0.25, -0.2) is 0 Å². The summed E-state index contributed by atoms with van der Waals surface area (Å²) in [6, 6.07) is 0. The lowest BCUT2D eigenvalue weighted by molar-refractivity contribution is -0.183. The van der Waals surface area contributed by atoms with Crippen molar-refractivity contribution >= 4 is 0 Å². The Hall–Kier alpha value is -0.550. The van der Waals surface area contributed by atoms with Gasteiger partial charge in [0.1, 0.15) is 0 Å². The number of ether oxygens (including phenoxy) is 2. The molecule has 1 fully saturated rings. The molecular weight excluding hydrogens is 281 g/mol. The maximum absolute atomic E-state index is 12.1. The lowest BCUT2D eigenvalue weighted by Gasteiger charge is -2.27. The molecule has 0 spiro atoms. The second-order valence-electron chi connectivity index (χ2n) is 5.42. The van der Waals surface area contributed by atoms with E-state index in [9.17, 15) is 13.2 Å². The minimum Gasteiger partial charge on any atom is -0.356 e. The van der Waals surface area contributed by atoms with Gasteiger partial charge in [0.25, 0.3) is 0 Å². The number of alkyl halides is 3. The zero-order valence-electron chi connectivity index (χ0n) is 13.4. The average molecular weight is 310 g/mol. The summed E-state index contributed by atoms with van der Waals surface area (Å²) in [5.74, 6) is -0.753. The molecule has 1 aliphatic rings. The quantitative estimate of drug-likeness (QED) is 0.375. The van der Waals surface area contributed by atoms with E-state index in [-0.39, 0.29) is 19.1 Å². The molecule has 0 aromatic heterocycles. The van der Waals surface area contributed by atoms with Gasteiger partial charge < -0.3 is 9.47 Å².